The number of hydrogen-bond acceptors (Lipinski definition) is 1. The van der Waals surface area contributed by atoms with E-state index in [1.165, 1.54) is 6.08 Å². The molecule has 0 aliphatic rings. The molecule has 0 unspecified atom stereocenters. The van der Waals surface area contributed by atoms with Gasteiger partial charge in [-0.1, -0.05) is 6.08 Å². The maximum Gasteiger partial charge on any atom is 0.214 e. The fourth-order valence-electron chi connectivity index (χ4n) is 0.131. The number of carbonyl (C=O) groups is 1. The third-order valence-electron chi connectivity index (χ3n) is 0.298. The van der Waals surface area contributed by atoms with Crippen LogP contribution in [0, 0.1) is 0 Å². The Hall–Kier alpha value is 0.140. The van der Waals surface area contributed by atoms with Crippen molar-refractivity contribution < 1.29 is 4.79 Å². The van der Waals surface area contributed by atoms with Gasteiger partial charge in [0.1, 0.15) is 0 Å². The lowest BCUT2D eigenvalue weighted by Gasteiger charge is -1.65. The van der Waals surface area contributed by atoms with Gasteiger partial charge >= 0.3 is 0 Å². The number of hydrogen-bond donors (Lipinski definition) is 0. The van der Waals surface area contributed by atoms with Gasteiger partial charge in [-0.15, -0.1) is 0 Å². The highest BCUT2D eigenvalue weighted by atomic mass is 127. The summed E-state index contributed by atoms with van der Waals surface area (Å²) in [5.41, 5.74) is 0. The Balaban J connectivity index is 3.30. The van der Waals surface area contributed by atoms with Crippen LogP contribution in [0.1, 0.15) is 6.92 Å². The summed E-state index contributed by atoms with van der Waals surface area (Å²) in [4.78, 5) is 9.94. The minimum absolute atomic E-state index is 0.0788. The Kier molecular flexibility index (Phi) is 3.41. The average molecular weight is 196 g/mol. The monoisotopic (exact) mass is 196 g/mol. The summed E-state index contributed by atoms with van der Waals surface area (Å²) in [6, 6.07) is 0. The van der Waals surface area contributed by atoms with Crippen LogP contribution in [0.5, 0.6) is 0 Å². The standard InChI is InChI=1S/C4H5IO/c1-2-3-4(5)6/h2-3H,1H3. The van der Waals surface area contributed by atoms with Crippen molar-refractivity contribution in [3.05, 3.63) is 12.2 Å². The molecule has 0 radical (unpaired) electrons. The summed E-state index contributed by atoms with van der Waals surface area (Å²) in [6.07, 6.45) is 3.23. The van der Waals surface area contributed by atoms with E-state index in [2.05, 4.69) is 0 Å². The molecule has 0 aromatic heterocycles. The van der Waals surface area contributed by atoms with E-state index in [1.54, 1.807) is 28.7 Å². The van der Waals surface area contributed by atoms with Gasteiger partial charge in [0.2, 0.25) is 3.79 Å². The predicted octanol–water partition coefficient (Wildman–Crippen LogP) is 1.52. The first kappa shape index (κ1) is 6.14. The summed E-state index contributed by atoms with van der Waals surface area (Å²) < 4.78 is 0.0788. The van der Waals surface area contributed by atoms with Gasteiger partial charge in [-0.25, -0.2) is 0 Å². The van der Waals surface area contributed by atoms with E-state index in [4.69, 9.17) is 0 Å². The molecule has 0 aliphatic carbocycles. The molecule has 0 rings (SSSR count). The van der Waals surface area contributed by atoms with Crippen LogP contribution < -0.4 is 0 Å². The largest absolute Gasteiger partial charge is 0.283 e. The summed E-state index contributed by atoms with van der Waals surface area (Å²) in [5, 5.41) is 0. The third-order valence-corrected chi connectivity index (χ3v) is 0.657. The van der Waals surface area contributed by atoms with Crippen molar-refractivity contribution in [1.29, 1.82) is 0 Å². The molecule has 0 aliphatic heterocycles. The summed E-state index contributed by atoms with van der Waals surface area (Å²) in [7, 11) is 0. The molecule has 6 heavy (non-hydrogen) atoms. The van der Waals surface area contributed by atoms with Crippen molar-refractivity contribution in [3.63, 3.8) is 0 Å². The SMILES string of the molecule is CC=CC(=O)I. The van der Waals surface area contributed by atoms with Crippen LogP contribution in [0.3, 0.4) is 0 Å². The van der Waals surface area contributed by atoms with Gasteiger partial charge in [0.05, 0.1) is 0 Å². The van der Waals surface area contributed by atoms with E-state index in [0.717, 1.165) is 0 Å². The molecule has 1 nitrogen and oxygen atoms in total. The molecule has 0 fully saturated rings. The number of halogens is 1. The maximum absolute atomic E-state index is 9.94. The zero-order valence-electron chi connectivity index (χ0n) is 3.44. The number of rotatable bonds is 1. The van der Waals surface area contributed by atoms with Crippen molar-refractivity contribution in [2.45, 2.75) is 6.92 Å². The molecule has 0 aromatic carbocycles. The fourth-order valence-corrected chi connectivity index (χ4v) is 0.491. The number of carbonyl (C=O) groups excluding carboxylic acids is 1. The van der Waals surface area contributed by atoms with E-state index in [1.807, 2.05) is 6.92 Å². The first-order chi connectivity index (χ1) is 2.77. The molecule has 2 heteroatoms. The zero-order valence-corrected chi connectivity index (χ0v) is 5.60. The maximum atomic E-state index is 9.94. The molecule has 0 saturated carbocycles. The van der Waals surface area contributed by atoms with Gasteiger partial charge in [0.15, 0.2) is 0 Å². The second-order valence-corrected chi connectivity index (χ2v) is 1.87. The van der Waals surface area contributed by atoms with E-state index in [-0.39, 0.29) is 3.79 Å². The van der Waals surface area contributed by atoms with Crippen LogP contribution in [0.2, 0.25) is 0 Å². The molecule has 0 bridgehead atoms. The lowest BCUT2D eigenvalue weighted by molar-refractivity contribution is -0.105. The Labute approximate surface area is 50.6 Å². The molecular weight excluding hydrogens is 191 g/mol. The Bertz CT molecular complexity index is 75.6. The fraction of sp³-hybridized carbons (Fsp3) is 0.250. The van der Waals surface area contributed by atoms with Gasteiger partial charge in [0, 0.05) is 22.6 Å². The van der Waals surface area contributed by atoms with E-state index in [0.29, 0.717) is 0 Å². The van der Waals surface area contributed by atoms with Crippen LogP contribution in [0.15, 0.2) is 12.2 Å². The van der Waals surface area contributed by atoms with Gasteiger partial charge in [0.25, 0.3) is 0 Å². The van der Waals surface area contributed by atoms with Gasteiger partial charge in [-0.2, -0.15) is 0 Å². The quantitative estimate of drug-likeness (QED) is 0.353. The molecule has 34 valence electrons. The van der Waals surface area contributed by atoms with Crippen LogP contribution >= 0.6 is 22.6 Å². The van der Waals surface area contributed by atoms with Crippen molar-refractivity contribution in [3.8, 4) is 0 Å². The molecule has 0 N–H and O–H groups in total. The van der Waals surface area contributed by atoms with Crippen LogP contribution in [0.4, 0.5) is 0 Å². The molecule has 0 spiro atoms. The lowest BCUT2D eigenvalue weighted by atomic mass is 10.6. The lowest BCUT2D eigenvalue weighted by Crippen LogP contribution is -1.68. The van der Waals surface area contributed by atoms with Crippen molar-refractivity contribution >= 4 is 26.4 Å². The van der Waals surface area contributed by atoms with Crippen molar-refractivity contribution in [1.82, 2.24) is 0 Å². The second kappa shape index (κ2) is 3.33. The highest BCUT2D eigenvalue weighted by Crippen LogP contribution is 1.84. The topological polar surface area (TPSA) is 17.1 Å². The third kappa shape index (κ3) is 4.14. The predicted molar refractivity (Wildman–Crippen MR) is 33.8 cm³/mol. The van der Waals surface area contributed by atoms with Gasteiger partial charge in [-0.3, -0.25) is 4.79 Å². The van der Waals surface area contributed by atoms with Gasteiger partial charge in [-0.05, 0) is 13.0 Å². The summed E-state index contributed by atoms with van der Waals surface area (Å²) in [5.74, 6) is 0. The summed E-state index contributed by atoms with van der Waals surface area (Å²) >= 11 is 1.72. The smallest absolute Gasteiger partial charge is 0.214 e. The Morgan fingerprint density at radius 3 is 2.33 bits per heavy atom. The highest BCUT2D eigenvalue weighted by Gasteiger charge is 1.76. The normalized spacial score (nSPS) is 9.67. The average Bonchev–Trinajstić information content (AvgIpc) is 1.35. The number of allylic oxidation sites excluding steroid dienone is 2. The molecule has 0 amide bonds. The Morgan fingerprint density at radius 2 is 2.33 bits per heavy atom. The molecule has 0 saturated heterocycles. The van der Waals surface area contributed by atoms with E-state index < -0.39 is 0 Å². The van der Waals surface area contributed by atoms with Crippen molar-refractivity contribution in [2.75, 3.05) is 0 Å². The molecular formula is C4H5IO. The van der Waals surface area contributed by atoms with E-state index >= 15 is 0 Å². The van der Waals surface area contributed by atoms with E-state index in [9.17, 15) is 4.79 Å². The molecule has 0 heterocycles. The van der Waals surface area contributed by atoms with Crippen LogP contribution in [0.25, 0.3) is 0 Å². The highest BCUT2D eigenvalue weighted by molar-refractivity contribution is 14.1. The zero-order chi connectivity index (χ0) is 4.99. The second-order valence-electron chi connectivity index (χ2n) is 0.804. The minimum Gasteiger partial charge on any atom is -0.283 e. The van der Waals surface area contributed by atoms with Crippen molar-refractivity contribution in [2.24, 2.45) is 0 Å². The van der Waals surface area contributed by atoms with Crippen LogP contribution in [-0.4, -0.2) is 3.79 Å². The molecule has 0 atom stereocenters. The first-order valence-electron chi connectivity index (χ1n) is 1.59. The van der Waals surface area contributed by atoms with Gasteiger partial charge < -0.3 is 0 Å². The summed E-state index contributed by atoms with van der Waals surface area (Å²) in [6.45, 7) is 1.82. The minimum atomic E-state index is 0.0788. The Morgan fingerprint density at radius 1 is 1.83 bits per heavy atom. The van der Waals surface area contributed by atoms with Crippen LogP contribution in [-0.2, 0) is 4.79 Å². The first-order valence-corrected chi connectivity index (χ1v) is 2.67. The molecule has 0 aromatic rings.